The van der Waals surface area contributed by atoms with E-state index in [2.05, 4.69) is 0 Å². The van der Waals surface area contributed by atoms with Crippen LogP contribution in [0.4, 0.5) is 0 Å². The molecule has 0 aromatic heterocycles. The van der Waals surface area contributed by atoms with Crippen LogP contribution >= 0.6 is 0 Å². The van der Waals surface area contributed by atoms with E-state index in [9.17, 15) is 9.90 Å². The standard InChI is InChI=1S/C20H20O5/c21-18-17-16(11-14-7-3-1-4-8-14)25-20(18,12-23-17)13-24-19(22)15-9-5-2-6-10-15/h1-10,16-18,21H,11-13H2/t16-,17?,18?,20+/m0/s1. The summed E-state index contributed by atoms with van der Waals surface area (Å²) < 4.78 is 17.2. The summed E-state index contributed by atoms with van der Waals surface area (Å²) in [5, 5.41) is 10.6. The second-order valence-corrected chi connectivity index (χ2v) is 6.57. The SMILES string of the molecule is O=C(OC[C@]12COC(C1O)[C@H](Cc1ccccc1)O2)c1ccccc1. The molecule has 5 nitrogen and oxygen atoms in total. The minimum Gasteiger partial charge on any atom is -0.459 e. The normalized spacial score (nSPS) is 30.4. The number of fused-ring (bicyclic) bond motifs is 2. The zero-order chi connectivity index (χ0) is 17.3. The topological polar surface area (TPSA) is 65.0 Å². The fraction of sp³-hybridized carbons (Fsp3) is 0.350. The van der Waals surface area contributed by atoms with Crippen LogP contribution in [0.3, 0.4) is 0 Å². The van der Waals surface area contributed by atoms with E-state index < -0.39 is 23.8 Å². The van der Waals surface area contributed by atoms with Crippen LogP contribution in [0.2, 0.25) is 0 Å². The van der Waals surface area contributed by atoms with Gasteiger partial charge in [0.2, 0.25) is 0 Å². The average Bonchev–Trinajstić information content (AvgIpc) is 3.11. The van der Waals surface area contributed by atoms with Crippen molar-refractivity contribution in [3.63, 3.8) is 0 Å². The zero-order valence-corrected chi connectivity index (χ0v) is 13.7. The lowest BCUT2D eigenvalue weighted by molar-refractivity contribution is -0.161. The molecule has 4 atom stereocenters. The Balaban J connectivity index is 1.42. The zero-order valence-electron chi connectivity index (χ0n) is 13.7. The smallest absolute Gasteiger partial charge is 0.338 e. The molecule has 4 rings (SSSR count). The molecule has 0 amide bonds. The van der Waals surface area contributed by atoms with Crippen molar-refractivity contribution < 1.29 is 24.1 Å². The molecule has 0 saturated carbocycles. The summed E-state index contributed by atoms with van der Waals surface area (Å²) >= 11 is 0. The Kier molecular flexibility index (Phi) is 4.29. The molecule has 0 aliphatic carbocycles. The quantitative estimate of drug-likeness (QED) is 0.843. The van der Waals surface area contributed by atoms with Crippen LogP contribution in [-0.2, 0) is 20.6 Å². The van der Waals surface area contributed by atoms with E-state index >= 15 is 0 Å². The summed E-state index contributed by atoms with van der Waals surface area (Å²) in [6.45, 7) is 0.204. The minimum atomic E-state index is -0.978. The second kappa shape index (κ2) is 6.59. The summed E-state index contributed by atoms with van der Waals surface area (Å²) in [5.41, 5.74) is 0.615. The summed E-state index contributed by atoms with van der Waals surface area (Å²) in [6.07, 6.45) is -0.793. The van der Waals surface area contributed by atoms with E-state index in [0.717, 1.165) is 5.56 Å². The fourth-order valence-electron chi connectivity index (χ4n) is 3.51. The second-order valence-electron chi connectivity index (χ2n) is 6.57. The number of aliphatic hydroxyl groups excluding tert-OH is 1. The van der Waals surface area contributed by atoms with Crippen molar-refractivity contribution >= 4 is 5.97 Å². The molecule has 2 fully saturated rings. The van der Waals surface area contributed by atoms with E-state index in [1.54, 1.807) is 24.3 Å². The molecule has 25 heavy (non-hydrogen) atoms. The summed E-state index contributed by atoms with van der Waals surface area (Å²) in [6, 6.07) is 18.7. The van der Waals surface area contributed by atoms with Crippen LogP contribution in [0.15, 0.2) is 60.7 Å². The number of ether oxygens (including phenoxy) is 3. The Morgan fingerprint density at radius 3 is 2.52 bits per heavy atom. The van der Waals surface area contributed by atoms with Crippen molar-refractivity contribution in [1.82, 2.24) is 0 Å². The lowest BCUT2D eigenvalue weighted by Gasteiger charge is -2.30. The van der Waals surface area contributed by atoms with E-state index in [1.165, 1.54) is 0 Å². The molecule has 5 heteroatoms. The number of carbonyl (C=O) groups excluding carboxylic acids is 1. The molecule has 2 aliphatic heterocycles. The van der Waals surface area contributed by atoms with E-state index in [4.69, 9.17) is 14.2 Å². The molecule has 0 radical (unpaired) electrons. The maximum atomic E-state index is 12.2. The number of esters is 1. The molecule has 2 unspecified atom stereocenters. The summed E-state index contributed by atoms with van der Waals surface area (Å²) in [7, 11) is 0. The first-order valence-corrected chi connectivity index (χ1v) is 8.41. The maximum absolute atomic E-state index is 12.2. The molecule has 2 aliphatic rings. The highest BCUT2D eigenvalue weighted by molar-refractivity contribution is 5.89. The maximum Gasteiger partial charge on any atom is 0.338 e. The molecular weight excluding hydrogens is 320 g/mol. The van der Waals surface area contributed by atoms with Gasteiger partial charge in [0.05, 0.1) is 18.3 Å². The number of benzene rings is 2. The number of carbonyl (C=O) groups is 1. The van der Waals surface area contributed by atoms with Gasteiger partial charge in [-0.05, 0) is 17.7 Å². The van der Waals surface area contributed by atoms with Gasteiger partial charge in [0.15, 0.2) is 5.60 Å². The van der Waals surface area contributed by atoms with Crippen LogP contribution in [0.5, 0.6) is 0 Å². The average molecular weight is 340 g/mol. The number of hydrogen-bond acceptors (Lipinski definition) is 5. The van der Waals surface area contributed by atoms with Crippen LogP contribution in [0, 0.1) is 0 Å². The molecule has 2 aromatic rings. The largest absolute Gasteiger partial charge is 0.459 e. The van der Waals surface area contributed by atoms with Crippen molar-refractivity contribution in [2.75, 3.05) is 13.2 Å². The fourth-order valence-corrected chi connectivity index (χ4v) is 3.51. The van der Waals surface area contributed by atoms with E-state index in [-0.39, 0.29) is 19.3 Å². The molecule has 1 N–H and O–H groups in total. The molecular formula is C20H20O5. The Morgan fingerprint density at radius 1 is 1.12 bits per heavy atom. The number of rotatable bonds is 5. The van der Waals surface area contributed by atoms with Crippen molar-refractivity contribution in [2.24, 2.45) is 0 Å². The van der Waals surface area contributed by atoms with Crippen molar-refractivity contribution in [3.05, 3.63) is 71.8 Å². The van der Waals surface area contributed by atoms with Crippen molar-refractivity contribution in [3.8, 4) is 0 Å². The third-order valence-electron chi connectivity index (χ3n) is 4.86. The molecule has 2 saturated heterocycles. The highest BCUT2D eigenvalue weighted by atomic mass is 16.7. The van der Waals surface area contributed by atoms with Gasteiger partial charge in [-0.3, -0.25) is 0 Å². The first-order valence-electron chi connectivity index (χ1n) is 8.41. The monoisotopic (exact) mass is 340 g/mol. The molecule has 0 spiro atoms. The molecule has 2 heterocycles. The van der Waals surface area contributed by atoms with E-state index in [1.807, 2.05) is 36.4 Å². The Bertz CT molecular complexity index is 732. The van der Waals surface area contributed by atoms with Crippen molar-refractivity contribution in [2.45, 2.75) is 30.3 Å². The lowest BCUT2D eigenvalue weighted by atomic mass is 9.98. The first kappa shape index (κ1) is 16.3. The van der Waals surface area contributed by atoms with Gasteiger partial charge in [-0.15, -0.1) is 0 Å². The Hall–Kier alpha value is -2.21. The third-order valence-corrected chi connectivity index (χ3v) is 4.86. The van der Waals surface area contributed by atoms with Crippen LogP contribution in [-0.4, -0.2) is 48.2 Å². The van der Waals surface area contributed by atoms with Gasteiger partial charge in [0.1, 0.15) is 18.8 Å². The van der Waals surface area contributed by atoms with Gasteiger partial charge in [-0.1, -0.05) is 48.5 Å². The van der Waals surface area contributed by atoms with Crippen LogP contribution < -0.4 is 0 Å². The van der Waals surface area contributed by atoms with Gasteiger partial charge in [-0.2, -0.15) is 0 Å². The lowest BCUT2D eigenvalue weighted by Crippen LogP contribution is -2.46. The predicted molar refractivity (Wildman–Crippen MR) is 90.2 cm³/mol. The highest BCUT2D eigenvalue weighted by Crippen LogP contribution is 2.41. The third kappa shape index (κ3) is 3.06. The van der Waals surface area contributed by atoms with Crippen LogP contribution in [0.1, 0.15) is 15.9 Å². The summed E-state index contributed by atoms with van der Waals surface area (Å²) in [4.78, 5) is 12.2. The number of aliphatic hydroxyl groups is 1. The van der Waals surface area contributed by atoms with Gasteiger partial charge in [0.25, 0.3) is 0 Å². The van der Waals surface area contributed by atoms with Crippen LogP contribution in [0.25, 0.3) is 0 Å². The molecule has 130 valence electrons. The summed E-state index contributed by atoms with van der Waals surface area (Å²) in [5.74, 6) is -0.430. The Labute approximate surface area is 146 Å². The van der Waals surface area contributed by atoms with Gasteiger partial charge in [0, 0.05) is 6.42 Å². The van der Waals surface area contributed by atoms with E-state index in [0.29, 0.717) is 12.0 Å². The van der Waals surface area contributed by atoms with Gasteiger partial charge in [-0.25, -0.2) is 4.79 Å². The van der Waals surface area contributed by atoms with Crippen molar-refractivity contribution in [1.29, 1.82) is 0 Å². The van der Waals surface area contributed by atoms with Gasteiger partial charge < -0.3 is 19.3 Å². The molecule has 2 bridgehead atoms. The minimum absolute atomic E-state index is 0.0241. The van der Waals surface area contributed by atoms with Gasteiger partial charge >= 0.3 is 5.97 Å². The first-order chi connectivity index (χ1) is 12.2. The number of hydrogen-bond donors (Lipinski definition) is 1. The Morgan fingerprint density at radius 2 is 1.80 bits per heavy atom. The predicted octanol–water partition coefficient (Wildman–Crippen LogP) is 1.98. The molecule has 2 aromatic carbocycles. The highest BCUT2D eigenvalue weighted by Gasteiger charge is 2.61.